The topological polar surface area (TPSA) is 55.4 Å². The maximum absolute atomic E-state index is 11.2. The molecule has 1 N–H and O–H groups in total. The molecule has 0 aliphatic carbocycles. The summed E-state index contributed by atoms with van der Waals surface area (Å²) in [4.78, 5) is 21.6. The number of rotatable bonds is 7. The second-order valence-electron chi connectivity index (χ2n) is 3.11. The van der Waals surface area contributed by atoms with Crippen molar-refractivity contribution in [1.82, 2.24) is 5.32 Å². The highest BCUT2D eigenvalue weighted by Gasteiger charge is 2.01. The van der Waals surface area contributed by atoms with E-state index in [1.54, 1.807) is 0 Å². The van der Waals surface area contributed by atoms with Crippen LogP contribution in [0.1, 0.15) is 33.1 Å². The van der Waals surface area contributed by atoms with Crippen LogP contribution in [0.2, 0.25) is 0 Å². The normalized spacial score (nSPS) is 9.73. The number of hydrogen-bond acceptors (Lipinski definition) is 4. The highest BCUT2D eigenvalue weighted by molar-refractivity contribution is 8.13. The largest absolute Gasteiger partial charge is 0.465 e. The van der Waals surface area contributed by atoms with Gasteiger partial charge in [-0.3, -0.25) is 9.59 Å². The van der Waals surface area contributed by atoms with Crippen molar-refractivity contribution < 1.29 is 14.3 Å². The van der Waals surface area contributed by atoms with Crippen molar-refractivity contribution in [3.8, 4) is 0 Å². The van der Waals surface area contributed by atoms with Gasteiger partial charge in [-0.1, -0.05) is 31.5 Å². The predicted octanol–water partition coefficient (Wildman–Crippen LogP) is 2.18. The molecule has 88 valence electrons. The average molecular weight is 233 g/mol. The van der Waals surface area contributed by atoms with Crippen LogP contribution in [-0.4, -0.2) is 30.1 Å². The summed E-state index contributed by atoms with van der Waals surface area (Å²) in [5.74, 6) is 0.207. The Morgan fingerprint density at radius 1 is 1.33 bits per heavy atom. The number of hydrogen-bond donors (Lipinski definition) is 1. The summed E-state index contributed by atoms with van der Waals surface area (Å²) in [7, 11) is 0. The zero-order valence-corrected chi connectivity index (χ0v) is 10.2. The SMILES string of the molecule is CCCCCNC(=O)SCCOC(C)=O. The zero-order chi connectivity index (χ0) is 11.5. The fourth-order valence-electron chi connectivity index (χ4n) is 0.936. The lowest BCUT2D eigenvalue weighted by Crippen LogP contribution is -2.20. The van der Waals surface area contributed by atoms with Crippen molar-refractivity contribution in [2.24, 2.45) is 0 Å². The first-order chi connectivity index (χ1) is 7.16. The van der Waals surface area contributed by atoms with E-state index in [1.807, 2.05) is 0 Å². The Hall–Kier alpha value is -0.710. The van der Waals surface area contributed by atoms with Crippen molar-refractivity contribution in [3.63, 3.8) is 0 Å². The van der Waals surface area contributed by atoms with Crippen LogP contribution in [0.25, 0.3) is 0 Å². The maximum Gasteiger partial charge on any atom is 0.302 e. The molecule has 1 amide bonds. The fourth-order valence-corrected chi connectivity index (χ4v) is 1.49. The summed E-state index contributed by atoms with van der Waals surface area (Å²) in [5.41, 5.74) is 0. The number of thioether (sulfide) groups is 1. The minimum atomic E-state index is -0.307. The van der Waals surface area contributed by atoms with Gasteiger partial charge < -0.3 is 10.1 Å². The molecule has 0 heterocycles. The third-order valence-electron chi connectivity index (χ3n) is 1.67. The van der Waals surface area contributed by atoms with Gasteiger partial charge in [-0.25, -0.2) is 0 Å². The highest BCUT2D eigenvalue weighted by atomic mass is 32.2. The van der Waals surface area contributed by atoms with Gasteiger partial charge in [-0.15, -0.1) is 0 Å². The van der Waals surface area contributed by atoms with Gasteiger partial charge in [0.2, 0.25) is 0 Å². The van der Waals surface area contributed by atoms with Crippen LogP contribution < -0.4 is 5.32 Å². The smallest absolute Gasteiger partial charge is 0.302 e. The number of esters is 1. The Kier molecular flexibility index (Phi) is 9.36. The van der Waals surface area contributed by atoms with Crippen LogP contribution in [0, 0.1) is 0 Å². The number of ether oxygens (including phenoxy) is 1. The first kappa shape index (κ1) is 14.3. The molecule has 15 heavy (non-hydrogen) atoms. The molecule has 0 unspecified atom stereocenters. The molecule has 0 radical (unpaired) electrons. The van der Waals surface area contributed by atoms with E-state index in [0.717, 1.165) is 37.6 Å². The molecule has 0 aromatic rings. The lowest BCUT2D eigenvalue weighted by molar-refractivity contribution is -0.140. The molecule has 0 bridgehead atoms. The van der Waals surface area contributed by atoms with Gasteiger partial charge in [0.05, 0.1) is 0 Å². The van der Waals surface area contributed by atoms with Crippen molar-refractivity contribution in [3.05, 3.63) is 0 Å². The van der Waals surface area contributed by atoms with Gasteiger partial charge in [0.1, 0.15) is 6.61 Å². The quantitative estimate of drug-likeness (QED) is 0.541. The first-order valence-electron chi connectivity index (χ1n) is 5.20. The van der Waals surface area contributed by atoms with Crippen LogP contribution in [0.15, 0.2) is 0 Å². The molecule has 0 aliphatic heterocycles. The molecule has 0 aromatic heterocycles. The monoisotopic (exact) mass is 233 g/mol. The second kappa shape index (κ2) is 9.83. The number of carbonyl (C=O) groups excluding carboxylic acids is 2. The van der Waals surface area contributed by atoms with Crippen LogP contribution in [0.5, 0.6) is 0 Å². The molecule has 5 heteroatoms. The fraction of sp³-hybridized carbons (Fsp3) is 0.800. The Morgan fingerprint density at radius 2 is 2.07 bits per heavy atom. The Bertz CT molecular complexity index is 197. The third-order valence-corrected chi connectivity index (χ3v) is 2.45. The van der Waals surface area contributed by atoms with Gasteiger partial charge in [-0.05, 0) is 6.42 Å². The Morgan fingerprint density at radius 3 is 2.67 bits per heavy atom. The van der Waals surface area contributed by atoms with Crippen LogP contribution in [0.4, 0.5) is 4.79 Å². The molecular formula is C10H19NO3S. The molecule has 0 saturated heterocycles. The van der Waals surface area contributed by atoms with E-state index in [4.69, 9.17) is 4.74 Å². The Labute approximate surface area is 95.1 Å². The molecule has 0 aliphatic rings. The van der Waals surface area contributed by atoms with E-state index in [2.05, 4.69) is 12.2 Å². The minimum Gasteiger partial charge on any atom is -0.465 e. The molecule has 4 nitrogen and oxygen atoms in total. The first-order valence-corrected chi connectivity index (χ1v) is 6.19. The van der Waals surface area contributed by atoms with E-state index in [0.29, 0.717) is 12.4 Å². The zero-order valence-electron chi connectivity index (χ0n) is 9.38. The molecule has 0 spiro atoms. The second-order valence-corrected chi connectivity index (χ2v) is 4.18. The maximum atomic E-state index is 11.2. The van der Waals surface area contributed by atoms with Crippen molar-refractivity contribution in [2.45, 2.75) is 33.1 Å². The van der Waals surface area contributed by atoms with Crippen LogP contribution in [0.3, 0.4) is 0 Å². The van der Waals surface area contributed by atoms with E-state index < -0.39 is 0 Å². The number of carbonyl (C=O) groups is 2. The molecule has 0 rings (SSSR count). The molecule has 0 saturated carbocycles. The van der Waals surface area contributed by atoms with Crippen molar-refractivity contribution in [2.75, 3.05) is 18.9 Å². The summed E-state index contributed by atoms with van der Waals surface area (Å²) in [6.45, 7) is 4.50. The van der Waals surface area contributed by atoms with Crippen LogP contribution in [-0.2, 0) is 9.53 Å². The third kappa shape index (κ3) is 11.2. The molecule has 0 fully saturated rings. The van der Waals surface area contributed by atoms with Gasteiger partial charge in [0.25, 0.3) is 5.24 Å². The van der Waals surface area contributed by atoms with Gasteiger partial charge >= 0.3 is 5.97 Å². The van der Waals surface area contributed by atoms with E-state index in [-0.39, 0.29) is 11.2 Å². The number of amides is 1. The average Bonchev–Trinajstić information content (AvgIpc) is 2.19. The molecule has 0 aromatic carbocycles. The van der Waals surface area contributed by atoms with Crippen LogP contribution >= 0.6 is 11.8 Å². The van der Waals surface area contributed by atoms with Crippen molar-refractivity contribution >= 4 is 23.0 Å². The van der Waals surface area contributed by atoms with Gasteiger partial charge in [-0.2, -0.15) is 0 Å². The summed E-state index contributed by atoms with van der Waals surface area (Å²) >= 11 is 1.15. The highest BCUT2D eigenvalue weighted by Crippen LogP contribution is 2.01. The lowest BCUT2D eigenvalue weighted by Gasteiger charge is -2.04. The van der Waals surface area contributed by atoms with E-state index >= 15 is 0 Å². The van der Waals surface area contributed by atoms with E-state index in [1.165, 1.54) is 6.92 Å². The standard InChI is InChI=1S/C10H19NO3S/c1-3-4-5-6-11-10(13)15-8-7-14-9(2)12/h3-8H2,1-2H3,(H,11,13). The summed E-state index contributed by atoms with van der Waals surface area (Å²) < 4.78 is 4.70. The summed E-state index contributed by atoms with van der Waals surface area (Å²) in [5, 5.41) is 2.75. The molecular weight excluding hydrogens is 214 g/mol. The Balaban J connectivity index is 3.22. The van der Waals surface area contributed by atoms with Crippen molar-refractivity contribution in [1.29, 1.82) is 0 Å². The summed E-state index contributed by atoms with van der Waals surface area (Å²) in [6, 6.07) is 0. The van der Waals surface area contributed by atoms with Gasteiger partial charge in [0.15, 0.2) is 0 Å². The van der Waals surface area contributed by atoms with E-state index in [9.17, 15) is 9.59 Å². The number of nitrogens with one attached hydrogen (secondary N) is 1. The summed E-state index contributed by atoms with van der Waals surface area (Å²) in [6.07, 6.45) is 3.31. The lowest BCUT2D eigenvalue weighted by atomic mass is 10.2. The van der Waals surface area contributed by atoms with Gasteiger partial charge in [0, 0.05) is 19.2 Å². The number of unbranched alkanes of at least 4 members (excludes halogenated alkanes) is 2. The minimum absolute atomic E-state index is 0.0433. The predicted molar refractivity (Wildman–Crippen MR) is 62.0 cm³/mol. The molecule has 0 atom stereocenters.